The fourth-order valence-electron chi connectivity index (χ4n) is 3.04. The van der Waals surface area contributed by atoms with Crippen LogP contribution >= 0.6 is 0 Å². The van der Waals surface area contributed by atoms with E-state index < -0.39 is 4.92 Å². The van der Waals surface area contributed by atoms with E-state index in [1.165, 1.54) is 12.1 Å². The number of ketones is 1. The SMILES string of the molecule is CN1CCN(C2CC(=O)c3cc([N+](=O)[O-])ccc32)CC1. The number of nitrogens with zero attached hydrogens (tertiary/aromatic N) is 3. The molecule has 1 unspecified atom stereocenters. The molecule has 106 valence electrons. The van der Waals surface area contributed by atoms with Crippen molar-refractivity contribution in [1.82, 2.24) is 9.80 Å². The molecule has 1 saturated heterocycles. The molecular formula is C14H17N3O3. The number of hydrogen-bond donors (Lipinski definition) is 0. The van der Waals surface area contributed by atoms with Gasteiger partial charge in [0.2, 0.25) is 0 Å². The van der Waals surface area contributed by atoms with Crippen molar-refractivity contribution in [2.75, 3.05) is 33.2 Å². The average molecular weight is 275 g/mol. The maximum atomic E-state index is 12.1. The molecular weight excluding hydrogens is 258 g/mol. The lowest BCUT2D eigenvalue weighted by Gasteiger charge is -2.36. The maximum absolute atomic E-state index is 12.1. The number of carbonyl (C=O) groups is 1. The number of rotatable bonds is 2. The van der Waals surface area contributed by atoms with Crippen LogP contribution in [-0.2, 0) is 0 Å². The summed E-state index contributed by atoms with van der Waals surface area (Å²) >= 11 is 0. The predicted octanol–water partition coefficient (Wildman–Crippen LogP) is 1.47. The monoisotopic (exact) mass is 275 g/mol. The minimum absolute atomic E-state index is 0.00359. The summed E-state index contributed by atoms with van der Waals surface area (Å²) in [5.74, 6) is 0.0210. The van der Waals surface area contributed by atoms with E-state index in [-0.39, 0.29) is 17.5 Å². The van der Waals surface area contributed by atoms with Crippen molar-refractivity contribution in [3.63, 3.8) is 0 Å². The predicted molar refractivity (Wildman–Crippen MR) is 73.9 cm³/mol. The summed E-state index contributed by atoms with van der Waals surface area (Å²) in [4.78, 5) is 27.0. The first-order valence-corrected chi connectivity index (χ1v) is 6.80. The average Bonchev–Trinajstić information content (AvgIpc) is 2.76. The van der Waals surface area contributed by atoms with E-state index in [2.05, 4.69) is 16.8 Å². The van der Waals surface area contributed by atoms with Crippen LogP contribution in [0.5, 0.6) is 0 Å². The highest BCUT2D eigenvalue weighted by molar-refractivity contribution is 6.01. The van der Waals surface area contributed by atoms with Crippen LogP contribution in [0.25, 0.3) is 0 Å². The van der Waals surface area contributed by atoms with Crippen molar-refractivity contribution in [3.05, 3.63) is 39.4 Å². The Morgan fingerprint density at radius 1 is 1.25 bits per heavy atom. The molecule has 0 radical (unpaired) electrons. The van der Waals surface area contributed by atoms with E-state index in [4.69, 9.17) is 0 Å². The number of nitro benzene ring substituents is 1. The van der Waals surface area contributed by atoms with Crippen molar-refractivity contribution in [1.29, 1.82) is 0 Å². The van der Waals surface area contributed by atoms with E-state index in [1.807, 2.05) is 0 Å². The Balaban J connectivity index is 1.88. The quantitative estimate of drug-likeness (QED) is 0.604. The first-order chi connectivity index (χ1) is 9.56. The molecule has 1 heterocycles. The van der Waals surface area contributed by atoms with Gasteiger partial charge in [0, 0.05) is 56.3 Å². The van der Waals surface area contributed by atoms with Gasteiger partial charge >= 0.3 is 0 Å². The molecule has 0 N–H and O–H groups in total. The topological polar surface area (TPSA) is 66.7 Å². The Hall–Kier alpha value is -1.79. The molecule has 20 heavy (non-hydrogen) atoms. The second-order valence-electron chi connectivity index (χ2n) is 5.51. The van der Waals surface area contributed by atoms with Crippen LogP contribution < -0.4 is 0 Å². The number of piperazine rings is 1. The number of benzene rings is 1. The van der Waals surface area contributed by atoms with Gasteiger partial charge in [-0.2, -0.15) is 0 Å². The number of non-ortho nitro benzene ring substituents is 1. The van der Waals surface area contributed by atoms with Crippen LogP contribution in [0.2, 0.25) is 0 Å². The van der Waals surface area contributed by atoms with Crippen LogP contribution in [0.4, 0.5) is 5.69 Å². The van der Waals surface area contributed by atoms with Crippen molar-refractivity contribution in [3.8, 4) is 0 Å². The number of fused-ring (bicyclic) bond motifs is 1. The van der Waals surface area contributed by atoms with Crippen LogP contribution in [0.3, 0.4) is 0 Å². The molecule has 0 spiro atoms. The molecule has 1 aromatic carbocycles. The lowest BCUT2D eigenvalue weighted by molar-refractivity contribution is -0.384. The largest absolute Gasteiger partial charge is 0.304 e. The van der Waals surface area contributed by atoms with Gasteiger partial charge in [0.15, 0.2) is 5.78 Å². The zero-order chi connectivity index (χ0) is 14.3. The van der Waals surface area contributed by atoms with Crippen molar-refractivity contribution < 1.29 is 9.72 Å². The van der Waals surface area contributed by atoms with Gasteiger partial charge in [0.1, 0.15) is 0 Å². The lowest BCUT2D eigenvalue weighted by atomic mass is 10.1. The molecule has 0 aromatic heterocycles. The second kappa shape index (κ2) is 4.96. The zero-order valence-corrected chi connectivity index (χ0v) is 11.4. The smallest absolute Gasteiger partial charge is 0.270 e. The molecule has 2 aliphatic rings. The maximum Gasteiger partial charge on any atom is 0.270 e. The summed E-state index contributed by atoms with van der Waals surface area (Å²) in [6, 6.07) is 4.77. The fourth-order valence-corrected chi connectivity index (χ4v) is 3.04. The molecule has 1 atom stereocenters. The molecule has 0 saturated carbocycles. The van der Waals surface area contributed by atoms with Crippen LogP contribution in [0.15, 0.2) is 18.2 Å². The zero-order valence-electron chi connectivity index (χ0n) is 11.4. The lowest BCUT2D eigenvalue weighted by Crippen LogP contribution is -2.45. The Bertz CT molecular complexity index is 565. The van der Waals surface area contributed by atoms with Crippen LogP contribution in [0, 0.1) is 10.1 Å². The molecule has 1 aliphatic heterocycles. The highest BCUT2D eigenvalue weighted by atomic mass is 16.6. The Morgan fingerprint density at radius 2 is 1.95 bits per heavy atom. The molecule has 1 aromatic rings. The molecule has 1 fully saturated rings. The summed E-state index contributed by atoms with van der Waals surface area (Å²) in [6.45, 7) is 3.86. The van der Waals surface area contributed by atoms with Gasteiger partial charge in [-0.05, 0) is 18.7 Å². The van der Waals surface area contributed by atoms with Crippen molar-refractivity contribution >= 4 is 11.5 Å². The molecule has 1 aliphatic carbocycles. The van der Waals surface area contributed by atoms with Crippen LogP contribution in [0.1, 0.15) is 28.4 Å². The number of carbonyl (C=O) groups excluding carboxylic acids is 1. The van der Waals surface area contributed by atoms with Gasteiger partial charge in [-0.15, -0.1) is 0 Å². The third kappa shape index (κ3) is 2.21. The molecule has 3 rings (SSSR count). The summed E-state index contributed by atoms with van der Waals surface area (Å²) in [6.07, 6.45) is 0.445. The minimum Gasteiger partial charge on any atom is -0.304 e. The summed E-state index contributed by atoms with van der Waals surface area (Å²) in [5, 5.41) is 10.8. The fraction of sp³-hybridized carbons (Fsp3) is 0.500. The highest BCUT2D eigenvalue weighted by Crippen LogP contribution is 2.37. The Morgan fingerprint density at radius 3 is 2.60 bits per heavy atom. The van der Waals surface area contributed by atoms with E-state index >= 15 is 0 Å². The van der Waals surface area contributed by atoms with Gasteiger partial charge < -0.3 is 4.90 Å². The van der Waals surface area contributed by atoms with Gasteiger partial charge in [-0.3, -0.25) is 19.8 Å². The van der Waals surface area contributed by atoms with E-state index in [0.717, 1.165) is 31.7 Å². The molecule has 0 amide bonds. The van der Waals surface area contributed by atoms with Gasteiger partial charge in [0.05, 0.1) is 4.92 Å². The van der Waals surface area contributed by atoms with E-state index in [1.54, 1.807) is 6.07 Å². The Kier molecular flexibility index (Phi) is 3.27. The summed E-state index contributed by atoms with van der Waals surface area (Å²) < 4.78 is 0. The summed E-state index contributed by atoms with van der Waals surface area (Å²) in [7, 11) is 2.09. The third-order valence-electron chi connectivity index (χ3n) is 4.26. The van der Waals surface area contributed by atoms with Gasteiger partial charge in [-0.25, -0.2) is 0 Å². The van der Waals surface area contributed by atoms with Gasteiger partial charge in [0.25, 0.3) is 5.69 Å². The number of Topliss-reactive ketones (excluding diaryl/α,β-unsaturated/α-hetero) is 1. The second-order valence-corrected chi connectivity index (χ2v) is 5.51. The first-order valence-electron chi connectivity index (χ1n) is 6.80. The minimum atomic E-state index is -0.448. The first kappa shape index (κ1) is 13.2. The number of likely N-dealkylation sites (N-methyl/N-ethyl adjacent to an activating group) is 1. The summed E-state index contributed by atoms with van der Waals surface area (Å²) in [5.41, 5.74) is 1.48. The van der Waals surface area contributed by atoms with Crippen molar-refractivity contribution in [2.24, 2.45) is 0 Å². The van der Waals surface area contributed by atoms with E-state index in [0.29, 0.717) is 12.0 Å². The molecule has 0 bridgehead atoms. The van der Waals surface area contributed by atoms with Crippen molar-refractivity contribution in [2.45, 2.75) is 12.5 Å². The molecule has 6 nitrogen and oxygen atoms in total. The standard InChI is InChI=1S/C14H17N3O3/c1-15-4-6-16(7-5-15)13-9-14(18)12-8-10(17(19)20)2-3-11(12)13/h2-3,8,13H,4-7,9H2,1H3. The van der Waals surface area contributed by atoms with E-state index in [9.17, 15) is 14.9 Å². The normalized spacial score (nSPS) is 23.9. The van der Waals surface area contributed by atoms with Crippen LogP contribution in [-0.4, -0.2) is 53.7 Å². The third-order valence-corrected chi connectivity index (χ3v) is 4.26. The molecule has 6 heteroatoms. The Labute approximate surface area is 117 Å². The highest BCUT2D eigenvalue weighted by Gasteiger charge is 2.35. The van der Waals surface area contributed by atoms with Gasteiger partial charge in [-0.1, -0.05) is 0 Å². The number of nitro groups is 1. The number of hydrogen-bond acceptors (Lipinski definition) is 5.